The number of anilines is 1. The molecule has 3 heterocycles. The molecule has 1 aromatic carbocycles. The molecule has 0 bridgehead atoms. The van der Waals surface area contributed by atoms with Gasteiger partial charge in [-0.15, -0.1) is 0 Å². The minimum Gasteiger partial charge on any atom is -0.494 e. The smallest absolute Gasteiger partial charge is 0.144 e. The Balaban J connectivity index is 1.62. The summed E-state index contributed by atoms with van der Waals surface area (Å²) in [6.45, 7) is 4.11. The van der Waals surface area contributed by atoms with Crippen molar-refractivity contribution >= 4 is 28.7 Å². The summed E-state index contributed by atoms with van der Waals surface area (Å²) < 4.78 is 9.57. The fraction of sp³-hybridized carbons (Fsp3) is 0.368. The standard InChI is InChI=1S/C19H23N5OS/c1-13-6-5-7-17(25-4)19(13)24-10-14-9-20-18(8-16(14)21-24)23-11-15(12-23)26-22(2)3/h5-10,15H,11-12H2,1-4H3. The van der Waals surface area contributed by atoms with Crippen molar-refractivity contribution in [2.75, 3.05) is 39.2 Å². The first-order valence-electron chi connectivity index (χ1n) is 8.63. The van der Waals surface area contributed by atoms with Gasteiger partial charge in [-0.3, -0.25) is 4.31 Å². The molecule has 26 heavy (non-hydrogen) atoms. The van der Waals surface area contributed by atoms with Gasteiger partial charge >= 0.3 is 0 Å². The highest BCUT2D eigenvalue weighted by atomic mass is 32.2. The molecular formula is C19H23N5OS. The van der Waals surface area contributed by atoms with Crippen LogP contribution < -0.4 is 9.64 Å². The van der Waals surface area contributed by atoms with Crippen LogP contribution in [0.2, 0.25) is 0 Å². The van der Waals surface area contributed by atoms with Gasteiger partial charge in [0.15, 0.2) is 0 Å². The van der Waals surface area contributed by atoms with Crippen LogP contribution in [0.3, 0.4) is 0 Å². The van der Waals surface area contributed by atoms with Gasteiger partial charge in [-0.05, 0) is 32.6 Å². The summed E-state index contributed by atoms with van der Waals surface area (Å²) in [5.74, 6) is 1.81. The highest BCUT2D eigenvalue weighted by Crippen LogP contribution is 2.30. The summed E-state index contributed by atoms with van der Waals surface area (Å²) >= 11 is 1.88. The van der Waals surface area contributed by atoms with Gasteiger partial charge in [-0.1, -0.05) is 24.1 Å². The summed E-state index contributed by atoms with van der Waals surface area (Å²) in [6, 6.07) is 8.09. The molecule has 1 saturated heterocycles. The molecule has 0 amide bonds. The first-order chi connectivity index (χ1) is 12.5. The van der Waals surface area contributed by atoms with Crippen molar-refractivity contribution in [3.05, 3.63) is 42.2 Å². The molecular weight excluding hydrogens is 346 g/mol. The van der Waals surface area contributed by atoms with E-state index in [9.17, 15) is 0 Å². The second-order valence-corrected chi connectivity index (χ2v) is 8.35. The van der Waals surface area contributed by atoms with Crippen molar-refractivity contribution in [1.29, 1.82) is 0 Å². The minimum absolute atomic E-state index is 0.635. The van der Waals surface area contributed by atoms with Crippen LogP contribution in [-0.4, -0.2) is 58.6 Å². The Bertz CT molecular complexity index is 933. The second kappa shape index (κ2) is 6.81. The van der Waals surface area contributed by atoms with Crippen molar-refractivity contribution < 1.29 is 4.74 Å². The number of para-hydroxylation sites is 1. The molecule has 7 heteroatoms. The first-order valence-corrected chi connectivity index (χ1v) is 9.47. The van der Waals surface area contributed by atoms with Crippen molar-refractivity contribution in [2.24, 2.45) is 0 Å². The molecule has 6 nitrogen and oxygen atoms in total. The summed E-state index contributed by atoms with van der Waals surface area (Å²) in [7, 11) is 5.86. The SMILES string of the molecule is COc1cccc(C)c1-n1cc2cnc(N3CC(SN(C)C)C3)cc2n1. The Morgan fingerprint density at radius 2 is 2.08 bits per heavy atom. The van der Waals surface area contributed by atoms with Crippen molar-refractivity contribution in [2.45, 2.75) is 12.2 Å². The number of hydrogen-bond acceptors (Lipinski definition) is 6. The maximum Gasteiger partial charge on any atom is 0.144 e. The molecule has 1 aliphatic heterocycles. The number of methoxy groups -OCH3 is 1. The normalized spacial score (nSPS) is 14.9. The Morgan fingerprint density at radius 1 is 1.27 bits per heavy atom. The third-order valence-electron chi connectivity index (χ3n) is 4.56. The van der Waals surface area contributed by atoms with Gasteiger partial charge in [-0.25, -0.2) is 9.67 Å². The van der Waals surface area contributed by atoms with Gasteiger partial charge in [0.25, 0.3) is 0 Å². The number of aryl methyl sites for hydroxylation is 1. The molecule has 136 valence electrons. The molecule has 0 spiro atoms. The third-order valence-corrected chi connectivity index (χ3v) is 5.57. The van der Waals surface area contributed by atoms with Gasteiger partial charge in [0.05, 0.1) is 17.9 Å². The zero-order valence-electron chi connectivity index (χ0n) is 15.5. The van der Waals surface area contributed by atoms with Gasteiger partial charge < -0.3 is 9.64 Å². The average Bonchev–Trinajstić information content (AvgIpc) is 2.99. The Kier molecular flexibility index (Phi) is 4.50. The molecule has 0 radical (unpaired) electrons. The lowest BCUT2D eigenvalue weighted by Gasteiger charge is -2.40. The van der Waals surface area contributed by atoms with E-state index >= 15 is 0 Å². The molecule has 0 aliphatic carbocycles. The second-order valence-electron chi connectivity index (χ2n) is 6.75. The van der Waals surface area contributed by atoms with Crippen LogP contribution >= 0.6 is 11.9 Å². The number of benzene rings is 1. The predicted molar refractivity (Wildman–Crippen MR) is 107 cm³/mol. The maximum absolute atomic E-state index is 5.52. The zero-order chi connectivity index (χ0) is 18.3. The fourth-order valence-corrected chi connectivity index (χ4v) is 4.36. The van der Waals surface area contributed by atoms with Gasteiger partial charge in [-0.2, -0.15) is 5.10 Å². The molecule has 0 saturated carbocycles. The number of nitrogens with zero attached hydrogens (tertiary/aromatic N) is 5. The zero-order valence-corrected chi connectivity index (χ0v) is 16.3. The molecule has 4 rings (SSSR count). The van der Waals surface area contributed by atoms with E-state index in [1.165, 1.54) is 0 Å². The van der Waals surface area contributed by atoms with E-state index in [4.69, 9.17) is 9.84 Å². The number of pyridine rings is 1. The summed E-state index contributed by atoms with van der Waals surface area (Å²) in [5.41, 5.74) is 3.04. The molecule has 0 unspecified atom stereocenters. The third kappa shape index (κ3) is 3.12. The summed E-state index contributed by atoms with van der Waals surface area (Å²) in [6.07, 6.45) is 3.92. The van der Waals surface area contributed by atoms with Crippen LogP contribution in [0, 0.1) is 6.92 Å². The molecule has 2 aromatic heterocycles. The van der Waals surface area contributed by atoms with E-state index < -0.39 is 0 Å². The highest BCUT2D eigenvalue weighted by molar-refractivity contribution is 7.97. The van der Waals surface area contributed by atoms with E-state index in [2.05, 4.69) is 47.3 Å². The van der Waals surface area contributed by atoms with Crippen LogP contribution in [0.15, 0.2) is 36.7 Å². The number of fused-ring (bicyclic) bond motifs is 1. The van der Waals surface area contributed by atoms with Crippen molar-refractivity contribution in [3.63, 3.8) is 0 Å². The number of rotatable bonds is 5. The van der Waals surface area contributed by atoms with Crippen LogP contribution in [0.25, 0.3) is 16.6 Å². The number of hydrogen-bond donors (Lipinski definition) is 0. The van der Waals surface area contributed by atoms with E-state index in [1.807, 2.05) is 41.2 Å². The summed E-state index contributed by atoms with van der Waals surface area (Å²) in [4.78, 5) is 6.93. The van der Waals surface area contributed by atoms with E-state index in [-0.39, 0.29) is 0 Å². The number of ether oxygens (including phenoxy) is 1. The minimum atomic E-state index is 0.635. The predicted octanol–water partition coefficient (Wildman–Crippen LogP) is 3.14. The number of aromatic nitrogens is 3. The highest BCUT2D eigenvalue weighted by Gasteiger charge is 2.29. The first kappa shape index (κ1) is 17.2. The van der Waals surface area contributed by atoms with E-state index in [0.29, 0.717) is 5.25 Å². The maximum atomic E-state index is 5.52. The van der Waals surface area contributed by atoms with Gasteiger partial charge in [0.1, 0.15) is 17.3 Å². The molecule has 1 aliphatic rings. The van der Waals surface area contributed by atoms with Crippen molar-refractivity contribution in [1.82, 2.24) is 19.1 Å². The molecule has 3 aromatic rings. The monoisotopic (exact) mass is 369 g/mol. The van der Waals surface area contributed by atoms with Gasteiger partial charge in [0, 0.05) is 36.9 Å². The van der Waals surface area contributed by atoms with Crippen LogP contribution in [0.1, 0.15) is 5.56 Å². The van der Waals surface area contributed by atoms with E-state index in [0.717, 1.165) is 46.8 Å². The quantitative estimate of drug-likeness (QED) is 0.644. The fourth-order valence-electron chi connectivity index (χ4n) is 3.28. The topological polar surface area (TPSA) is 46.4 Å². The summed E-state index contributed by atoms with van der Waals surface area (Å²) in [5, 5.41) is 6.44. The lowest BCUT2D eigenvalue weighted by molar-refractivity contribution is 0.411. The molecule has 0 N–H and O–H groups in total. The van der Waals surface area contributed by atoms with Crippen LogP contribution in [0.4, 0.5) is 5.82 Å². The molecule has 1 fully saturated rings. The van der Waals surface area contributed by atoms with Crippen LogP contribution in [0.5, 0.6) is 5.75 Å². The average molecular weight is 369 g/mol. The Morgan fingerprint density at radius 3 is 2.81 bits per heavy atom. The Labute approximate surface area is 157 Å². The molecule has 0 atom stereocenters. The van der Waals surface area contributed by atoms with Crippen LogP contribution in [-0.2, 0) is 0 Å². The van der Waals surface area contributed by atoms with Gasteiger partial charge in [0.2, 0.25) is 0 Å². The van der Waals surface area contributed by atoms with E-state index in [1.54, 1.807) is 7.11 Å². The van der Waals surface area contributed by atoms with Crippen molar-refractivity contribution in [3.8, 4) is 11.4 Å². The largest absolute Gasteiger partial charge is 0.494 e. The lowest BCUT2D eigenvalue weighted by atomic mass is 10.2. The lowest BCUT2D eigenvalue weighted by Crippen LogP contribution is -2.50. The Hall–Kier alpha value is -2.25.